The third-order valence-corrected chi connectivity index (χ3v) is 7.96. The van der Waals surface area contributed by atoms with Gasteiger partial charge < -0.3 is 15.2 Å². The summed E-state index contributed by atoms with van der Waals surface area (Å²) >= 11 is 0. The van der Waals surface area contributed by atoms with Gasteiger partial charge in [-0.2, -0.15) is 0 Å². The molecule has 0 amide bonds. The Kier molecular flexibility index (Phi) is 5.98. The van der Waals surface area contributed by atoms with Gasteiger partial charge in [-0.25, -0.2) is 13.2 Å². The summed E-state index contributed by atoms with van der Waals surface area (Å²) in [6, 6.07) is 18.9. The lowest BCUT2D eigenvalue weighted by Crippen LogP contribution is -2.29. The number of hydrogen-bond acceptors (Lipinski definition) is 5. The molecule has 0 radical (unpaired) electrons. The van der Waals surface area contributed by atoms with E-state index in [-0.39, 0.29) is 28.3 Å². The van der Waals surface area contributed by atoms with Crippen molar-refractivity contribution in [3.05, 3.63) is 95.6 Å². The Balaban J connectivity index is 1.42. The van der Waals surface area contributed by atoms with Crippen LogP contribution in [0.3, 0.4) is 0 Å². The monoisotopic (exact) mass is 490 g/mol. The number of benzene rings is 3. The van der Waals surface area contributed by atoms with Gasteiger partial charge in [0.1, 0.15) is 5.75 Å². The average Bonchev–Trinajstić information content (AvgIpc) is 3.35. The van der Waals surface area contributed by atoms with E-state index in [1.807, 2.05) is 25.1 Å². The molecule has 5 rings (SSSR count). The predicted octanol–water partition coefficient (Wildman–Crippen LogP) is 5.41. The van der Waals surface area contributed by atoms with E-state index < -0.39 is 16.0 Å². The summed E-state index contributed by atoms with van der Waals surface area (Å²) in [4.78, 5) is 11.4. The maximum absolute atomic E-state index is 13.1. The lowest BCUT2D eigenvalue weighted by Gasteiger charge is -2.37. The molecule has 7 nitrogen and oxygen atoms in total. The summed E-state index contributed by atoms with van der Waals surface area (Å²) in [5, 5.41) is 12.8. The predicted molar refractivity (Wildman–Crippen MR) is 135 cm³/mol. The third-order valence-electron chi connectivity index (χ3n) is 6.58. The number of aromatic carboxylic acids is 1. The van der Waals surface area contributed by atoms with Crippen LogP contribution in [0.2, 0.25) is 0 Å². The van der Waals surface area contributed by atoms with Crippen LogP contribution in [-0.4, -0.2) is 26.1 Å². The molecule has 8 heteroatoms. The van der Waals surface area contributed by atoms with E-state index in [2.05, 4.69) is 22.2 Å². The molecule has 0 fully saturated rings. The van der Waals surface area contributed by atoms with Crippen LogP contribution < -0.4 is 14.8 Å². The zero-order valence-electron chi connectivity index (χ0n) is 19.1. The third kappa shape index (κ3) is 4.49. The molecule has 180 valence electrons. The first-order chi connectivity index (χ1) is 16.9. The maximum atomic E-state index is 13.1. The number of nitrogens with one attached hydrogen (secondary N) is 2. The second kappa shape index (κ2) is 9.11. The van der Waals surface area contributed by atoms with Crippen LogP contribution in [0.25, 0.3) is 0 Å². The van der Waals surface area contributed by atoms with E-state index >= 15 is 0 Å². The topological polar surface area (TPSA) is 105 Å². The van der Waals surface area contributed by atoms with Crippen molar-refractivity contribution in [1.29, 1.82) is 0 Å². The number of carbonyl (C=O) groups is 1. The maximum Gasteiger partial charge on any atom is 0.335 e. The van der Waals surface area contributed by atoms with Gasteiger partial charge in [0.15, 0.2) is 0 Å². The molecule has 3 aromatic carbocycles. The molecule has 0 spiro atoms. The van der Waals surface area contributed by atoms with Crippen molar-refractivity contribution in [3.8, 4) is 5.75 Å². The summed E-state index contributed by atoms with van der Waals surface area (Å²) in [6.45, 7) is 2.43. The van der Waals surface area contributed by atoms with Crippen molar-refractivity contribution >= 4 is 27.4 Å². The number of anilines is 2. The fraction of sp³-hybridized carbons (Fsp3) is 0.222. The highest BCUT2D eigenvalue weighted by molar-refractivity contribution is 7.92. The molecule has 0 bridgehead atoms. The summed E-state index contributed by atoms with van der Waals surface area (Å²) in [6.07, 6.45) is 5.12. The van der Waals surface area contributed by atoms with Crippen molar-refractivity contribution in [1.82, 2.24) is 0 Å². The number of allylic oxidation sites excluding steroid dienone is 2. The number of carboxylic acids is 1. The molecule has 3 N–H and O–H groups in total. The molecule has 35 heavy (non-hydrogen) atoms. The first-order valence-corrected chi connectivity index (χ1v) is 13.0. The van der Waals surface area contributed by atoms with Crippen LogP contribution in [0.5, 0.6) is 5.75 Å². The second-order valence-corrected chi connectivity index (χ2v) is 10.4. The summed E-state index contributed by atoms with van der Waals surface area (Å²) < 4.78 is 34.3. The van der Waals surface area contributed by atoms with Gasteiger partial charge in [-0.15, -0.1) is 0 Å². The van der Waals surface area contributed by atoms with Gasteiger partial charge in [-0.3, -0.25) is 4.72 Å². The highest BCUT2D eigenvalue weighted by Gasteiger charge is 2.38. The van der Waals surface area contributed by atoms with Crippen LogP contribution in [0.15, 0.2) is 83.8 Å². The highest BCUT2D eigenvalue weighted by atomic mass is 32.2. The van der Waals surface area contributed by atoms with Crippen LogP contribution >= 0.6 is 0 Å². The minimum atomic E-state index is -3.78. The zero-order chi connectivity index (χ0) is 24.6. The Morgan fingerprint density at radius 1 is 1.09 bits per heavy atom. The first kappa shape index (κ1) is 23.0. The number of ether oxygens (including phenoxy) is 1. The highest BCUT2D eigenvalue weighted by Crippen LogP contribution is 2.50. The molecule has 2 aliphatic rings. The molecule has 0 saturated carbocycles. The van der Waals surface area contributed by atoms with Gasteiger partial charge >= 0.3 is 5.97 Å². The second-order valence-electron chi connectivity index (χ2n) is 8.71. The van der Waals surface area contributed by atoms with Gasteiger partial charge in [0.05, 0.1) is 23.1 Å². The van der Waals surface area contributed by atoms with Crippen molar-refractivity contribution in [2.45, 2.75) is 30.2 Å². The van der Waals surface area contributed by atoms with Crippen molar-refractivity contribution in [2.75, 3.05) is 16.6 Å². The summed E-state index contributed by atoms with van der Waals surface area (Å²) in [5.74, 6) is -0.000704. The minimum Gasteiger partial charge on any atom is -0.494 e. The van der Waals surface area contributed by atoms with Crippen molar-refractivity contribution in [2.24, 2.45) is 5.92 Å². The Bertz CT molecular complexity index is 1380. The van der Waals surface area contributed by atoms with Gasteiger partial charge in [-0.1, -0.05) is 24.3 Å². The van der Waals surface area contributed by atoms with E-state index in [0.717, 1.165) is 23.2 Å². The standard InChI is InChI=1S/C27H26N2O5S/c1-2-34-20-12-10-19(11-13-20)29-35(32,33)21-14-15-25-24(16-21)22-4-3-5-23(22)26(28-25)17-6-8-18(9-7-17)27(30)31/h3-4,6-16,22-23,26,28-29H,2,5H2,1H3,(H,30,31)/t22?,23?,26-/m1/s1. The molecule has 3 aromatic rings. The Labute approximate surface area is 204 Å². The van der Waals surface area contributed by atoms with Gasteiger partial charge in [-0.05, 0) is 85.0 Å². The molecule has 1 aliphatic heterocycles. The lowest BCUT2D eigenvalue weighted by atomic mass is 9.77. The van der Waals surface area contributed by atoms with E-state index in [0.29, 0.717) is 18.0 Å². The molecule has 1 heterocycles. The fourth-order valence-corrected chi connectivity index (χ4v) is 6.00. The Hall–Kier alpha value is -3.78. The molecular weight excluding hydrogens is 464 g/mol. The number of fused-ring (bicyclic) bond motifs is 3. The van der Waals surface area contributed by atoms with E-state index in [4.69, 9.17) is 4.74 Å². The SMILES string of the molecule is CCOc1ccc(NS(=O)(=O)c2ccc3c(c2)C2C=CCC2[C@@H](c2ccc(C(=O)O)cc2)N3)cc1. The van der Waals surface area contributed by atoms with Crippen LogP contribution in [-0.2, 0) is 10.0 Å². The Morgan fingerprint density at radius 3 is 2.51 bits per heavy atom. The van der Waals surface area contributed by atoms with E-state index in [9.17, 15) is 18.3 Å². The summed E-state index contributed by atoms with van der Waals surface area (Å²) in [7, 11) is -3.78. The zero-order valence-corrected chi connectivity index (χ0v) is 20.0. The van der Waals surface area contributed by atoms with Crippen LogP contribution in [0.1, 0.15) is 46.8 Å². The molecule has 0 aromatic heterocycles. The quantitative estimate of drug-likeness (QED) is 0.383. The molecular formula is C27H26N2O5S. The van der Waals surface area contributed by atoms with E-state index in [1.165, 1.54) is 0 Å². The minimum absolute atomic E-state index is 0.00483. The van der Waals surface area contributed by atoms with Crippen LogP contribution in [0.4, 0.5) is 11.4 Å². The number of carboxylic acid groups (broad SMARTS) is 1. The largest absolute Gasteiger partial charge is 0.494 e. The number of sulfonamides is 1. The van der Waals surface area contributed by atoms with Gasteiger partial charge in [0.25, 0.3) is 10.0 Å². The first-order valence-electron chi connectivity index (χ1n) is 11.5. The van der Waals surface area contributed by atoms with Crippen LogP contribution in [0, 0.1) is 5.92 Å². The smallest absolute Gasteiger partial charge is 0.335 e. The number of rotatable bonds is 7. The average molecular weight is 491 g/mol. The molecule has 1 aliphatic carbocycles. The van der Waals surface area contributed by atoms with Gasteiger partial charge in [0, 0.05) is 17.3 Å². The molecule has 2 unspecified atom stereocenters. The summed E-state index contributed by atoms with van der Waals surface area (Å²) in [5.41, 5.74) is 3.55. The molecule has 3 atom stereocenters. The molecule has 0 saturated heterocycles. The lowest BCUT2D eigenvalue weighted by molar-refractivity contribution is 0.0697. The normalized spacial score (nSPS) is 20.4. The number of hydrogen-bond donors (Lipinski definition) is 3. The van der Waals surface area contributed by atoms with Crippen molar-refractivity contribution in [3.63, 3.8) is 0 Å². The van der Waals surface area contributed by atoms with E-state index in [1.54, 1.807) is 48.5 Å². The fourth-order valence-electron chi connectivity index (χ4n) is 4.90. The van der Waals surface area contributed by atoms with Gasteiger partial charge in [0.2, 0.25) is 0 Å². The van der Waals surface area contributed by atoms with Crippen molar-refractivity contribution < 1.29 is 23.1 Å². The Morgan fingerprint density at radius 2 is 1.83 bits per heavy atom.